The van der Waals surface area contributed by atoms with Crippen LogP contribution in [0.5, 0.6) is 0 Å². The number of aromatic nitrogens is 4. The van der Waals surface area contributed by atoms with E-state index in [9.17, 15) is 0 Å². The Bertz CT molecular complexity index is 651. The van der Waals surface area contributed by atoms with E-state index >= 15 is 0 Å². The van der Waals surface area contributed by atoms with Gasteiger partial charge in [-0.1, -0.05) is 0 Å². The molecule has 0 saturated carbocycles. The summed E-state index contributed by atoms with van der Waals surface area (Å²) < 4.78 is 28.8. The van der Waals surface area contributed by atoms with Gasteiger partial charge in [0.2, 0.25) is 0 Å². The monoisotopic (exact) mass is 362 g/mol. The summed E-state index contributed by atoms with van der Waals surface area (Å²) in [5.74, 6) is -1.35. The van der Waals surface area contributed by atoms with Crippen LogP contribution in [0.2, 0.25) is 0 Å². The van der Waals surface area contributed by atoms with Crippen LogP contribution in [0, 0.1) is 0 Å². The average Bonchev–Trinajstić information content (AvgIpc) is 3.29. The fraction of sp³-hybridized carbons (Fsp3) is 0.667. The third-order valence-corrected chi connectivity index (χ3v) is 4.67. The molecule has 0 aliphatic carbocycles. The van der Waals surface area contributed by atoms with Crippen molar-refractivity contribution >= 4 is 0 Å². The van der Waals surface area contributed by atoms with Crippen LogP contribution in [0.4, 0.5) is 0 Å². The van der Waals surface area contributed by atoms with Gasteiger partial charge < -0.3 is 28.1 Å². The van der Waals surface area contributed by atoms with Gasteiger partial charge >= 0.3 is 0 Å². The van der Waals surface area contributed by atoms with Gasteiger partial charge in [0.1, 0.15) is 24.4 Å². The Balaban J connectivity index is 1.56. The lowest BCUT2D eigenvalue weighted by Gasteiger charge is -2.26. The zero-order chi connectivity index (χ0) is 18.4. The first-order valence-corrected chi connectivity index (χ1v) is 8.94. The number of nitrogens with zero attached hydrogens (tertiary/aromatic N) is 4. The third-order valence-electron chi connectivity index (χ3n) is 4.67. The first kappa shape index (κ1) is 17.7. The SMILES string of the molecule is CC1(C)O[C@@H]([C@@H]2OC(C)(C)O[C@@H]2Cn2ccnc2)[C@@H](Cn2ccnc2)O1. The third kappa shape index (κ3) is 3.68. The Labute approximate surface area is 153 Å². The van der Waals surface area contributed by atoms with Gasteiger partial charge in [0, 0.05) is 24.8 Å². The fourth-order valence-corrected chi connectivity index (χ4v) is 3.77. The van der Waals surface area contributed by atoms with Crippen molar-refractivity contribution in [1.29, 1.82) is 0 Å². The second kappa shape index (κ2) is 6.45. The lowest BCUT2D eigenvalue weighted by atomic mass is 10.0. The Hall–Kier alpha value is -1.74. The summed E-state index contributed by atoms with van der Waals surface area (Å²) >= 11 is 0. The van der Waals surface area contributed by atoms with E-state index in [1.807, 2.05) is 49.2 Å². The summed E-state index contributed by atoms with van der Waals surface area (Å²) in [5, 5.41) is 0. The van der Waals surface area contributed by atoms with Crippen LogP contribution < -0.4 is 0 Å². The highest BCUT2D eigenvalue weighted by atomic mass is 16.8. The normalized spacial score (nSPS) is 32.9. The van der Waals surface area contributed by atoms with E-state index in [1.165, 1.54) is 0 Å². The van der Waals surface area contributed by atoms with Gasteiger partial charge in [0.25, 0.3) is 0 Å². The fourth-order valence-electron chi connectivity index (χ4n) is 3.77. The molecule has 26 heavy (non-hydrogen) atoms. The van der Waals surface area contributed by atoms with Gasteiger partial charge in [-0.05, 0) is 27.7 Å². The number of rotatable bonds is 5. The Kier molecular flexibility index (Phi) is 4.38. The van der Waals surface area contributed by atoms with Crippen molar-refractivity contribution < 1.29 is 18.9 Å². The lowest BCUT2D eigenvalue weighted by Crippen LogP contribution is -2.44. The zero-order valence-corrected chi connectivity index (χ0v) is 15.6. The molecule has 2 aliphatic heterocycles. The molecule has 0 aromatic carbocycles. The molecule has 4 rings (SSSR count). The molecule has 0 amide bonds. The molecule has 8 nitrogen and oxygen atoms in total. The smallest absolute Gasteiger partial charge is 0.163 e. The second-order valence-electron chi connectivity index (χ2n) is 7.80. The molecule has 0 spiro atoms. The molecule has 142 valence electrons. The molecule has 2 aromatic rings. The van der Waals surface area contributed by atoms with Gasteiger partial charge in [-0.25, -0.2) is 9.97 Å². The predicted molar refractivity (Wildman–Crippen MR) is 92.1 cm³/mol. The Morgan fingerprint density at radius 1 is 0.731 bits per heavy atom. The maximum Gasteiger partial charge on any atom is 0.163 e. The molecular weight excluding hydrogens is 336 g/mol. The highest BCUT2D eigenvalue weighted by Gasteiger charge is 2.53. The van der Waals surface area contributed by atoms with Crippen molar-refractivity contribution in [3.05, 3.63) is 37.4 Å². The van der Waals surface area contributed by atoms with E-state index in [4.69, 9.17) is 18.9 Å². The number of hydrogen-bond donors (Lipinski definition) is 0. The molecular formula is C18H26N4O4. The van der Waals surface area contributed by atoms with Crippen LogP contribution in [0.3, 0.4) is 0 Å². The summed E-state index contributed by atoms with van der Waals surface area (Å²) in [5.41, 5.74) is 0. The number of ether oxygens (including phenoxy) is 4. The molecule has 0 radical (unpaired) electrons. The van der Waals surface area contributed by atoms with Crippen molar-refractivity contribution in [1.82, 2.24) is 19.1 Å². The maximum absolute atomic E-state index is 6.25. The zero-order valence-electron chi connectivity index (χ0n) is 15.6. The van der Waals surface area contributed by atoms with Crippen LogP contribution in [0.25, 0.3) is 0 Å². The van der Waals surface area contributed by atoms with Gasteiger partial charge in [-0.15, -0.1) is 0 Å². The first-order chi connectivity index (χ1) is 12.3. The number of hydrogen-bond acceptors (Lipinski definition) is 6. The molecule has 0 N–H and O–H groups in total. The van der Waals surface area contributed by atoms with Gasteiger partial charge in [-0.2, -0.15) is 0 Å². The maximum atomic E-state index is 6.25. The van der Waals surface area contributed by atoms with Crippen molar-refractivity contribution in [2.75, 3.05) is 0 Å². The largest absolute Gasteiger partial charge is 0.343 e. The minimum Gasteiger partial charge on any atom is -0.343 e. The highest BCUT2D eigenvalue weighted by Crippen LogP contribution is 2.39. The van der Waals surface area contributed by atoms with Crippen molar-refractivity contribution in [2.24, 2.45) is 0 Å². The van der Waals surface area contributed by atoms with E-state index in [1.54, 1.807) is 25.0 Å². The predicted octanol–water partition coefficient (Wildman–Crippen LogP) is 1.82. The average molecular weight is 362 g/mol. The van der Waals surface area contributed by atoms with Crippen LogP contribution in [0.15, 0.2) is 37.4 Å². The molecule has 2 fully saturated rings. The second-order valence-corrected chi connectivity index (χ2v) is 7.80. The van der Waals surface area contributed by atoms with Crippen molar-refractivity contribution in [3.63, 3.8) is 0 Å². The van der Waals surface area contributed by atoms with E-state index in [0.717, 1.165) is 0 Å². The molecule has 2 aromatic heterocycles. The summed E-state index contributed by atoms with van der Waals surface area (Å²) in [4.78, 5) is 8.22. The highest BCUT2D eigenvalue weighted by molar-refractivity contribution is 4.96. The van der Waals surface area contributed by atoms with E-state index in [0.29, 0.717) is 13.1 Å². The standard InChI is InChI=1S/C18H26N4O4/c1-17(2)23-13(9-21-7-5-19-11-21)15(25-17)16-14(24-18(3,4)26-16)10-22-8-6-20-12-22/h5-8,11-16H,9-10H2,1-4H3/t13-,14-,15-,16-/m1/s1. The molecule has 0 bridgehead atoms. The summed E-state index contributed by atoms with van der Waals surface area (Å²) in [6, 6.07) is 0. The van der Waals surface area contributed by atoms with E-state index in [2.05, 4.69) is 9.97 Å². The Morgan fingerprint density at radius 2 is 1.15 bits per heavy atom. The Morgan fingerprint density at radius 3 is 1.50 bits per heavy atom. The molecule has 8 heteroatoms. The van der Waals surface area contributed by atoms with Gasteiger partial charge in [-0.3, -0.25) is 0 Å². The van der Waals surface area contributed by atoms with Crippen molar-refractivity contribution in [2.45, 2.75) is 76.8 Å². The first-order valence-electron chi connectivity index (χ1n) is 8.94. The summed E-state index contributed by atoms with van der Waals surface area (Å²) in [6.07, 6.45) is 10.1. The van der Waals surface area contributed by atoms with Crippen LogP contribution >= 0.6 is 0 Å². The topological polar surface area (TPSA) is 72.6 Å². The molecule has 4 heterocycles. The quantitative estimate of drug-likeness (QED) is 0.808. The lowest BCUT2D eigenvalue weighted by molar-refractivity contribution is -0.175. The van der Waals surface area contributed by atoms with E-state index in [-0.39, 0.29) is 24.4 Å². The van der Waals surface area contributed by atoms with E-state index < -0.39 is 11.6 Å². The van der Waals surface area contributed by atoms with Gasteiger partial charge in [0.05, 0.1) is 25.7 Å². The van der Waals surface area contributed by atoms with Crippen molar-refractivity contribution in [3.8, 4) is 0 Å². The molecule has 2 aliphatic rings. The molecule has 4 atom stereocenters. The van der Waals surface area contributed by atoms with Crippen LogP contribution in [-0.4, -0.2) is 55.1 Å². The molecule has 0 unspecified atom stereocenters. The van der Waals surface area contributed by atoms with Crippen LogP contribution in [-0.2, 0) is 32.0 Å². The summed E-state index contributed by atoms with van der Waals surface area (Å²) in [7, 11) is 0. The number of imidazole rings is 2. The molecule has 2 saturated heterocycles. The van der Waals surface area contributed by atoms with Crippen LogP contribution in [0.1, 0.15) is 27.7 Å². The minimum absolute atomic E-state index is 0.160. The summed E-state index contributed by atoms with van der Waals surface area (Å²) in [6.45, 7) is 9.01. The minimum atomic E-state index is -0.675. The van der Waals surface area contributed by atoms with Gasteiger partial charge in [0.15, 0.2) is 11.6 Å².